The summed E-state index contributed by atoms with van der Waals surface area (Å²) >= 11 is 0. The zero-order valence-corrected chi connectivity index (χ0v) is 12.6. The molecule has 0 aliphatic heterocycles. The SMILES string of the molecule is C[C@H](C(=O)n1cncn1)c1cccc(C(=O)c2ccccc2)c1. The third kappa shape index (κ3) is 3.08. The molecule has 0 radical (unpaired) electrons. The van der Waals surface area contributed by atoms with E-state index in [1.54, 1.807) is 37.3 Å². The molecule has 1 heterocycles. The van der Waals surface area contributed by atoms with E-state index >= 15 is 0 Å². The lowest BCUT2D eigenvalue weighted by Gasteiger charge is -2.11. The highest BCUT2D eigenvalue weighted by molar-refractivity contribution is 6.09. The van der Waals surface area contributed by atoms with Crippen molar-refractivity contribution >= 4 is 11.7 Å². The third-order valence-electron chi connectivity index (χ3n) is 3.70. The molecule has 1 aromatic heterocycles. The Morgan fingerprint density at radius 1 is 1.00 bits per heavy atom. The molecule has 3 aromatic rings. The van der Waals surface area contributed by atoms with Crippen molar-refractivity contribution in [1.29, 1.82) is 0 Å². The first-order valence-corrected chi connectivity index (χ1v) is 7.25. The van der Waals surface area contributed by atoms with Gasteiger partial charge < -0.3 is 0 Å². The van der Waals surface area contributed by atoms with Crippen LogP contribution in [0.3, 0.4) is 0 Å². The first-order chi connectivity index (χ1) is 11.2. The Morgan fingerprint density at radius 2 is 1.74 bits per heavy atom. The van der Waals surface area contributed by atoms with Gasteiger partial charge in [-0.1, -0.05) is 48.5 Å². The van der Waals surface area contributed by atoms with Crippen LogP contribution in [-0.2, 0) is 0 Å². The van der Waals surface area contributed by atoms with Crippen LogP contribution in [0.4, 0.5) is 0 Å². The number of carbonyl (C=O) groups is 2. The third-order valence-corrected chi connectivity index (χ3v) is 3.70. The minimum atomic E-state index is -0.416. The van der Waals surface area contributed by atoms with Gasteiger partial charge in [0.25, 0.3) is 5.91 Å². The van der Waals surface area contributed by atoms with Gasteiger partial charge in [0, 0.05) is 11.1 Å². The average molecular weight is 305 g/mol. The fourth-order valence-corrected chi connectivity index (χ4v) is 2.37. The molecule has 0 aliphatic carbocycles. The number of carbonyl (C=O) groups excluding carboxylic acids is 2. The van der Waals surface area contributed by atoms with Crippen LogP contribution in [0.15, 0.2) is 67.3 Å². The van der Waals surface area contributed by atoms with Gasteiger partial charge in [0.2, 0.25) is 0 Å². The van der Waals surface area contributed by atoms with Gasteiger partial charge in [-0.25, -0.2) is 4.98 Å². The quantitative estimate of drug-likeness (QED) is 0.695. The molecule has 0 saturated carbocycles. The van der Waals surface area contributed by atoms with Crippen LogP contribution in [0.25, 0.3) is 0 Å². The number of ketones is 1. The van der Waals surface area contributed by atoms with Gasteiger partial charge in [-0.2, -0.15) is 9.78 Å². The summed E-state index contributed by atoms with van der Waals surface area (Å²) in [4.78, 5) is 28.6. The molecule has 5 nitrogen and oxygen atoms in total. The van der Waals surface area contributed by atoms with Gasteiger partial charge in [-0.15, -0.1) is 0 Å². The molecular formula is C18H15N3O2. The Bertz CT molecular complexity index is 826. The van der Waals surface area contributed by atoms with Crippen molar-refractivity contribution in [3.63, 3.8) is 0 Å². The lowest BCUT2D eigenvalue weighted by Crippen LogP contribution is -2.18. The Hall–Kier alpha value is -3.08. The van der Waals surface area contributed by atoms with E-state index in [1.807, 2.05) is 24.3 Å². The molecule has 23 heavy (non-hydrogen) atoms. The molecule has 0 saturated heterocycles. The van der Waals surface area contributed by atoms with Gasteiger partial charge >= 0.3 is 0 Å². The van der Waals surface area contributed by atoms with Crippen molar-refractivity contribution in [1.82, 2.24) is 14.8 Å². The average Bonchev–Trinajstić information content (AvgIpc) is 3.15. The van der Waals surface area contributed by atoms with Crippen LogP contribution in [0.2, 0.25) is 0 Å². The smallest absolute Gasteiger partial charge is 0.255 e. The van der Waals surface area contributed by atoms with E-state index in [1.165, 1.54) is 17.3 Å². The zero-order valence-electron chi connectivity index (χ0n) is 12.6. The molecule has 1 atom stereocenters. The summed E-state index contributed by atoms with van der Waals surface area (Å²) in [5, 5.41) is 3.86. The summed E-state index contributed by atoms with van der Waals surface area (Å²) in [6.45, 7) is 1.79. The molecule has 0 bridgehead atoms. The summed E-state index contributed by atoms with van der Waals surface area (Å²) in [5.41, 5.74) is 1.96. The highest BCUT2D eigenvalue weighted by atomic mass is 16.2. The topological polar surface area (TPSA) is 64.8 Å². The maximum atomic E-state index is 12.5. The standard InChI is InChI=1S/C18H15N3O2/c1-13(18(23)21-12-19-11-20-21)15-8-5-9-16(10-15)17(22)14-6-3-2-4-7-14/h2-13H,1H3/t13-/m0/s1. The van der Waals surface area contributed by atoms with Crippen LogP contribution in [0.5, 0.6) is 0 Å². The van der Waals surface area contributed by atoms with Crippen molar-refractivity contribution in [2.45, 2.75) is 12.8 Å². The summed E-state index contributed by atoms with van der Waals surface area (Å²) in [7, 11) is 0. The van der Waals surface area contributed by atoms with Crippen LogP contribution in [-0.4, -0.2) is 26.5 Å². The van der Waals surface area contributed by atoms with E-state index in [9.17, 15) is 9.59 Å². The fourth-order valence-electron chi connectivity index (χ4n) is 2.37. The molecule has 0 amide bonds. The molecular weight excluding hydrogens is 290 g/mol. The summed E-state index contributed by atoms with van der Waals surface area (Å²) in [5.74, 6) is -0.667. The van der Waals surface area contributed by atoms with E-state index in [2.05, 4.69) is 10.1 Å². The molecule has 0 unspecified atom stereocenters. The first kappa shape index (κ1) is 14.8. The Morgan fingerprint density at radius 3 is 2.43 bits per heavy atom. The van der Waals surface area contributed by atoms with Gasteiger partial charge in [-0.3, -0.25) is 9.59 Å². The molecule has 0 fully saturated rings. The van der Waals surface area contributed by atoms with E-state index in [4.69, 9.17) is 0 Å². The summed E-state index contributed by atoms with van der Waals surface area (Å²) < 4.78 is 1.20. The molecule has 0 aliphatic rings. The van der Waals surface area contributed by atoms with Crippen molar-refractivity contribution in [3.8, 4) is 0 Å². The van der Waals surface area contributed by atoms with Gasteiger partial charge in [-0.05, 0) is 18.6 Å². The molecule has 0 spiro atoms. The first-order valence-electron chi connectivity index (χ1n) is 7.25. The number of hydrogen-bond donors (Lipinski definition) is 0. The fraction of sp³-hybridized carbons (Fsp3) is 0.111. The Kier molecular flexibility index (Phi) is 4.10. The lowest BCUT2D eigenvalue weighted by atomic mass is 9.95. The zero-order chi connectivity index (χ0) is 16.2. The molecule has 0 N–H and O–H groups in total. The predicted molar refractivity (Wildman–Crippen MR) is 85.4 cm³/mol. The van der Waals surface area contributed by atoms with Crippen LogP contribution >= 0.6 is 0 Å². The minimum Gasteiger partial charge on any atom is -0.289 e. The number of nitrogens with zero attached hydrogens (tertiary/aromatic N) is 3. The predicted octanol–water partition coefficient (Wildman–Crippen LogP) is 2.95. The van der Waals surface area contributed by atoms with Crippen molar-refractivity contribution in [3.05, 3.63) is 83.9 Å². The monoisotopic (exact) mass is 305 g/mol. The van der Waals surface area contributed by atoms with Gasteiger partial charge in [0.15, 0.2) is 5.78 Å². The second kappa shape index (κ2) is 6.36. The number of aromatic nitrogens is 3. The summed E-state index contributed by atoms with van der Waals surface area (Å²) in [6.07, 6.45) is 2.69. The molecule has 114 valence electrons. The van der Waals surface area contributed by atoms with E-state index in [0.717, 1.165) is 5.56 Å². The van der Waals surface area contributed by atoms with Crippen molar-refractivity contribution in [2.24, 2.45) is 0 Å². The minimum absolute atomic E-state index is 0.0622. The number of rotatable bonds is 4. The van der Waals surface area contributed by atoms with E-state index < -0.39 is 5.92 Å². The molecule has 2 aromatic carbocycles. The second-order valence-electron chi connectivity index (χ2n) is 5.22. The van der Waals surface area contributed by atoms with Crippen molar-refractivity contribution in [2.75, 3.05) is 0 Å². The van der Waals surface area contributed by atoms with E-state index in [-0.39, 0.29) is 11.7 Å². The van der Waals surface area contributed by atoms with Gasteiger partial charge in [0.1, 0.15) is 12.7 Å². The highest BCUT2D eigenvalue weighted by Gasteiger charge is 2.19. The Balaban J connectivity index is 1.88. The second-order valence-corrected chi connectivity index (χ2v) is 5.22. The lowest BCUT2D eigenvalue weighted by molar-refractivity contribution is 0.0867. The number of hydrogen-bond acceptors (Lipinski definition) is 4. The molecule has 5 heteroatoms. The van der Waals surface area contributed by atoms with Gasteiger partial charge in [0.05, 0.1) is 5.92 Å². The van der Waals surface area contributed by atoms with Crippen LogP contribution in [0, 0.1) is 0 Å². The van der Waals surface area contributed by atoms with Crippen LogP contribution in [0.1, 0.15) is 39.1 Å². The maximum absolute atomic E-state index is 12.5. The summed E-state index contributed by atoms with van der Waals surface area (Å²) in [6, 6.07) is 16.2. The Labute approximate surface area is 133 Å². The highest BCUT2D eigenvalue weighted by Crippen LogP contribution is 2.20. The van der Waals surface area contributed by atoms with Crippen molar-refractivity contribution < 1.29 is 9.59 Å². The normalized spacial score (nSPS) is 11.9. The largest absolute Gasteiger partial charge is 0.289 e. The van der Waals surface area contributed by atoms with E-state index in [0.29, 0.717) is 11.1 Å². The molecule has 3 rings (SSSR count). The number of benzene rings is 2. The van der Waals surface area contributed by atoms with Crippen LogP contribution < -0.4 is 0 Å². The maximum Gasteiger partial charge on any atom is 0.255 e.